The number of carboxylic acid groups (broad SMARTS) is 1. The van der Waals surface area contributed by atoms with Gasteiger partial charge in [-0.2, -0.15) is 0 Å². The Hall–Kier alpha value is -1.59. The summed E-state index contributed by atoms with van der Waals surface area (Å²) in [6.45, 7) is 0. The smallest absolute Gasteiger partial charge is 0.305 e. The Morgan fingerprint density at radius 1 is 1.47 bits per heavy atom. The highest BCUT2D eigenvalue weighted by Crippen LogP contribution is 2.33. The van der Waals surface area contributed by atoms with Crippen LogP contribution in [-0.2, 0) is 14.4 Å². The van der Waals surface area contributed by atoms with Crippen molar-refractivity contribution in [3.63, 3.8) is 0 Å². The number of piperazine rings is 1. The summed E-state index contributed by atoms with van der Waals surface area (Å²) in [5.74, 6) is -1.74. The molecule has 6 heteroatoms. The first-order valence-corrected chi connectivity index (χ1v) is 4.88. The predicted molar refractivity (Wildman–Crippen MR) is 48.9 cm³/mol. The van der Waals surface area contributed by atoms with Crippen molar-refractivity contribution in [2.24, 2.45) is 0 Å². The van der Waals surface area contributed by atoms with Gasteiger partial charge < -0.3 is 15.7 Å². The molecule has 0 aromatic carbocycles. The molecule has 1 atom stereocenters. The van der Waals surface area contributed by atoms with E-state index in [1.165, 1.54) is 0 Å². The summed E-state index contributed by atoms with van der Waals surface area (Å²) < 4.78 is 0. The maximum Gasteiger partial charge on any atom is 0.305 e. The first-order valence-electron chi connectivity index (χ1n) is 4.88. The van der Waals surface area contributed by atoms with Gasteiger partial charge in [0.1, 0.15) is 11.6 Å². The fourth-order valence-corrected chi connectivity index (χ4v) is 1.94. The van der Waals surface area contributed by atoms with Gasteiger partial charge in [-0.25, -0.2) is 0 Å². The molecule has 1 heterocycles. The van der Waals surface area contributed by atoms with Gasteiger partial charge >= 0.3 is 5.97 Å². The van der Waals surface area contributed by atoms with E-state index in [-0.39, 0.29) is 12.3 Å². The normalized spacial score (nSPS) is 27.9. The maximum absolute atomic E-state index is 11.6. The van der Waals surface area contributed by atoms with Gasteiger partial charge in [0.25, 0.3) is 0 Å². The topological polar surface area (TPSA) is 95.5 Å². The lowest BCUT2D eigenvalue weighted by Crippen LogP contribution is -2.72. The first kappa shape index (κ1) is 9.95. The van der Waals surface area contributed by atoms with E-state index in [2.05, 4.69) is 10.6 Å². The molecule has 0 unspecified atom stereocenters. The molecule has 1 saturated carbocycles. The van der Waals surface area contributed by atoms with Crippen LogP contribution in [-0.4, -0.2) is 34.5 Å². The number of nitrogens with one attached hydrogen (secondary N) is 2. The number of rotatable bonds is 2. The standard InChI is InChI=1S/C9H12N2O4/c12-6(13)4-5-7(14)11-9(2-1-3-9)8(15)10-5/h5H,1-4H2,(H,10,15)(H,11,14)(H,12,13)/t5-/m0/s1. The van der Waals surface area contributed by atoms with Crippen molar-refractivity contribution in [3.8, 4) is 0 Å². The van der Waals surface area contributed by atoms with Crippen molar-refractivity contribution in [1.82, 2.24) is 10.6 Å². The highest BCUT2D eigenvalue weighted by atomic mass is 16.4. The molecule has 2 amide bonds. The van der Waals surface area contributed by atoms with Gasteiger partial charge in [0.2, 0.25) is 11.8 Å². The minimum absolute atomic E-state index is 0.250. The lowest BCUT2D eigenvalue weighted by Gasteiger charge is -2.45. The molecule has 2 fully saturated rings. The van der Waals surface area contributed by atoms with Gasteiger partial charge in [0, 0.05) is 0 Å². The van der Waals surface area contributed by atoms with E-state index >= 15 is 0 Å². The molecule has 2 aliphatic rings. The van der Waals surface area contributed by atoms with Crippen LogP contribution >= 0.6 is 0 Å². The van der Waals surface area contributed by atoms with Gasteiger partial charge in [-0.3, -0.25) is 14.4 Å². The molecule has 0 radical (unpaired) electrons. The molecule has 0 bridgehead atoms. The second-order valence-electron chi connectivity index (χ2n) is 4.05. The molecular weight excluding hydrogens is 200 g/mol. The third kappa shape index (κ3) is 1.55. The minimum Gasteiger partial charge on any atom is -0.481 e. The third-order valence-corrected chi connectivity index (χ3v) is 3.00. The van der Waals surface area contributed by atoms with Crippen LogP contribution in [0.5, 0.6) is 0 Å². The zero-order chi connectivity index (χ0) is 11.1. The summed E-state index contributed by atoms with van der Waals surface area (Å²) in [4.78, 5) is 33.5. The zero-order valence-electron chi connectivity index (χ0n) is 8.08. The predicted octanol–water partition coefficient (Wildman–Crippen LogP) is -1.00. The molecule has 6 nitrogen and oxygen atoms in total. The zero-order valence-corrected chi connectivity index (χ0v) is 8.08. The number of amides is 2. The quantitative estimate of drug-likeness (QED) is 0.547. The molecule has 1 aliphatic carbocycles. The van der Waals surface area contributed by atoms with Crippen LogP contribution in [0, 0.1) is 0 Å². The van der Waals surface area contributed by atoms with Crippen molar-refractivity contribution in [2.75, 3.05) is 0 Å². The molecule has 2 rings (SSSR count). The van der Waals surface area contributed by atoms with E-state index in [4.69, 9.17) is 5.11 Å². The highest BCUT2D eigenvalue weighted by molar-refractivity contribution is 6.01. The molecule has 0 aromatic rings. The Kier molecular flexibility index (Phi) is 2.13. The van der Waals surface area contributed by atoms with Crippen LogP contribution in [0.2, 0.25) is 0 Å². The van der Waals surface area contributed by atoms with E-state index in [1.807, 2.05) is 0 Å². The van der Waals surface area contributed by atoms with Gasteiger partial charge in [-0.05, 0) is 19.3 Å². The van der Waals surface area contributed by atoms with Crippen LogP contribution in [0.3, 0.4) is 0 Å². The molecule has 1 saturated heterocycles. The molecule has 0 aromatic heterocycles. The van der Waals surface area contributed by atoms with Crippen LogP contribution in [0.25, 0.3) is 0 Å². The lowest BCUT2D eigenvalue weighted by atomic mass is 9.74. The number of hydrogen-bond acceptors (Lipinski definition) is 3. The molecule has 15 heavy (non-hydrogen) atoms. The van der Waals surface area contributed by atoms with E-state index in [0.29, 0.717) is 12.8 Å². The fourth-order valence-electron chi connectivity index (χ4n) is 1.94. The number of carbonyl (C=O) groups excluding carboxylic acids is 2. The number of hydrogen-bond donors (Lipinski definition) is 3. The average Bonchev–Trinajstić information content (AvgIpc) is 2.07. The second-order valence-corrected chi connectivity index (χ2v) is 4.05. The van der Waals surface area contributed by atoms with Gasteiger partial charge in [-0.1, -0.05) is 0 Å². The van der Waals surface area contributed by atoms with Crippen molar-refractivity contribution in [1.29, 1.82) is 0 Å². The summed E-state index contributed by atoms with van der Waals surface area (Å²) in [6.07, 6.45) is 1.83. The number of carbonyl (C=O) groups is 3. The SMILES string of the molecule is O=C(O)C[C@@H]1NC(=O)C2(CCC2)NC1=O. The van der Waals surface area contributed by atoms with Gasteiger partial charge in [0.05, 0.1) is 6.42 Å². The Balaban J connectivity index is 2.06. The van der Waals surface area contributed by atoms with Gasteiger partial charge in [-0.15, -0.1) is 0 Å². The van der Waals surface area contributed by atoms with Crippen LogP contribution < -0.4 is 10.6 Å². The summed E-state index contributed by atoms with van der Waals surface area (Å²) >= 11 is 0. The third-order valence-electron chi connectivity index (χ3n) is 3.00. The Bertz CT molecular complexity index is 335. The minimum atomic E-state index is -1.10. The van der Waals surface area contributed by atoms with E-state index in [1.54, 1.807) is 0 Å². The van der Waals surface area contributed by atoms with E-state index < -0.39 is 23.5 Å². The molecule has 82 valence electrons. The van der Waals surface area contributed by atoms with Crippen molar-refractivity contribution in [3.05, 3.63) is 0 Å². The monoisotopic (exact) mass is 212 g/mol. The summed E-state index contributed by atoms with van der Waals surface area (Å²) in [5, 5.41) is 13.6. The molecule has 3 N–H and O–H groups in total. The number of carboxylic acids is 1. The second kappa shape index (κ2) is 3.22. The van der Waals surface area contributed by atoms with Crippen LogP contribution in [0.15, 0.2) is 0 Å². The van der Waals surface area contributed by atoms with E-state index in [0.717, 1.165) is 6.42 Å². The van der Waals surface area contributed by atoms with E-state index in [9.17, 15) is 14.4 Å². The average molecular weight is 212 g/mol. The summed E-state index contributed by atoms with van der Waals surface area (Å²) in [6, 6.07) is -0.929. The summed E-state index contributed by atoms with van der Waals surface area (Å²) in [7, 11) is 0. The largest absolute Gasteiger partial charge is 0.481 e. The molecular formula is C9H12N2O4. The van der Waals surface area contributed by atoms with Gasteiger partial charge in [0.15, 0.2) is 0 Å². The Labute approximate surface area is 86.0 Å². The molecule has 1 spiro atoms. The lowest BCUT2D eigenvalue weighted by molar-refractivity contribution is -0.148. The maximum atomic E-state index is 11.6. The Morgan fingerprint density at radius 2 is 2.13 bits per heavy atom. The van der Waals surface area contributed by atoms with Crippen LogP contribution in [0.1, 0.15) is 25.7 Å². The summed E-state index contributed by atoms with van der Waals surface area (Å²) in [5.41, 5.74) is -0.744. The molecule has 1 aliphatic heterocycles. The Morgan fingerprint density at radius 3 is 2.60 bits per heavy atom. The first-order chi connectivity index (χ1) is 7.03. The highest BCUT2D eigenvalue weighted by Gasteiger charge is 2.50. The van der Waals surface area contributed by atoms with Crippen LogP contribution in [0.4, 0.5) is 0 Å². The number of aliphatic carboxylic acids is 1. The van der Waals surface area contributed by atoms with Crippen molar-refractivity contribution < 1.29 is 19.5 Å². The fraction of sp³-hybridized carbons (Fsp3) is 0.667. The van der Waals surface area contributed by atoms with Crippen molar-refractivity contribution in [2.45, 2.75) is 37.3 Å². The van der Waals surface area contributed by atoms with Crippen molar-refractivity contribution >= 4 is 17.8 Å².